The molecular weight excluding hydrogens is 280 g/mol. The van der Waals surface area contributed by atoms with Crippen molar-refractivity contribution in [3.05, 3.63) is 34.9 Å². The van der Waals surface area contributed by atoms with Gasteiger partial charge in [-0.1, -0.05) is 23.8 Å². The van der Waals surface area contributed by atoms with Crippen LogP contribution in [-0.2, 0) is 0 Å². The van der Waals surface area contributed by atoms with E-state index in [9.17, 15) is 4.79 Å². The first-order valence-electron chi connectivity index (χ1n) is 6.07. The summed E-state index contributed by atoms with van der Waals surface area (Å²) in [6, 6.07) is 6.88. The maximum absolute atomic E-state index is 12.5. The third-order valence-electron chi connectivity index (χ3n) is 2.73. The largest absolute Gasteiger partial charge is 0.393 e. The van der Waals surface area contributed by atoms with E-state index in [-0.39, 0.29) is 11.4 Å². The molecule has 0 aliphatic rings. The van der Waals surface area contributed by atoms with Gasteiger partial charge in [-0.2, -0.15) is 0 Å². The van der Waals surface area contributed by atoms with Crippen molar-refractivity contribution in [2.75, 3.05) is 6.54 Å². The lowest BCUT2D eigenvalue weighted by molar-refractivity contribution is 0.0591. The zero-order chi connectivity index (χ0) is 14.6. The molecule has 5 heteroatoms. The fourth-order valence-corrected chi connectivity index (χ4v) is 1.93. The minimum absolute atomic E-state index is 0.0413. The number of rotatable bonds is 4. The quantitative estimate of drug-likeness (QED) is 0.868. The van der Waals surface area contributed by atoms with Gasteiger partial charge in [-0.25, -0.2) is 0 Å². The summed E-state index contributed by atoms with van der Waals surface area (Å²) in [6.45, 7) is 6.47. The summed E-state index contributed by atoms with van der Waals surface area (Å²) in [5.74, 6) is -0.0413. The normalized spacial score (nSPS) is 11.2. The van der Waals surface area contributed by atoms with Crippen LogP contribution in [0.2, 0.25) is 5.02 Å². The van der Waals surface area contributed by atoms with E-state index in [2.05, 4.69) is 0 Å². The maximum Gasteiger partial charge on any atom is 0.254 e. The third-order valence-corrected chi connectivity index (χ3v) is 3.18. The van der Waals surface area contributed by atoms with Gasteiger partial charge in [-0.05, 0) is 45.0 Å². The Morgan fingerprint density at radius 3 is 2.26 bits per heavy atom. The molecule has 1 rings (SSSR count). The summed E-state index contributed by atoms with van der Waals surface area (Å²) >= 11 is 10.7. The number of benzene rings is 1. The molecule has 0 spiro atoms. The molecule has 0 radical (unpaired) electrons. The number of hydrogen-bond acceptors (Lipinski definition) is 2. The van der Waals surface area contributed by atoms with Crippen molar-refractivity contribution in [3.63, 3.8) is 0 Å². The lowest BCUT2D eigenvalue weighted by Gasteiger charge is -2.36. The van der Waals surface area contributed by atoms with Crippen molar-refractivity contribution in [1.82, 2.24) is 4.90 Å². The van der Waals surface area contributed by atoms with Gasteiger partial charge in [0.15, 0.2) is 0 Å². The van der Waals surface area contributed by atoms with Crippen molar-refractivity contribution < 1.29 is 4.79 Å². The Morgan fingerprint density at radius 1 is 1.32 bits per heavy atom. The summed E-state index contributed by atoms with van der Waals surface area (Å²) in [6.07, 6.45) is 0.520. The van der Waals surface area contributed by atoms with Crippen molar-refractivity contribution in [3.8, 4) is 0 Å². The van der Waals surface area contributed by atoms with Crippen LogP contribution in [0.25, 0.3) is 0 Å². The Bertz CT molecular complexity index is 465. The van der Waals surface area contributed by atoms with Crippen LogP contribution in [0.5, 0.6) is 0 Å². The molecular formula is C14H19ClN2OS. The highest BCUT2D eigenvalue weighted by Gasteiger charge is 2.27. The van der Waals surface area contributed by atoms with Crippen LogP contribution in [-0.4, -0.2) is 27.9 Å². The highest BCUT2D eigenvalue weighted by molar-refractivity contribution is 7.80. The molecule has 0 saturated heterocycles. The number of thiocarbonyl (C=S) groups is 1. The molecule has 0 aliphatic heterocycles. The van der Waals surface area contributed by atoms with Gasteiger partial charge < -0.3 is 10.6 Å². The number of nitrogens with two attached hydrogens (primary N) is 1. The number of nitrogens with zero attached hydrogens (tertiary/aromatic N) is 1. The van der Waals surface area contributed by atoms with E-state index in [1.54, 1.807) is 29.2 Å². The molecule has 1 aromatic rings. The zero-order valence-electron chi connectivity index (χ0n) is 11.4. The minimum atomic E-state index is -0.290. The molecule has 104 valence electrons. The highest BCUT2D eigenvalue weighted by atomic mass is 35.5. The molecule has 0 heterocycles. The van der Waals surface area contributed by atoms with Crippen LogP contribution in [0.15, 0.2) is 24.3 Å². The number of amides is 1. The van der Waals surface area contributed by atoms with Crippen molar-refractivity contribution in [1.29, 1.82) is 0 Å². The third kappa shape index (κ3) is 4.80. The maximum atomic E-state index is 12.5. The van der Waals surface area contributed by atoms with E-state index in [4.69, 9.17) is 29.6 Å². The van der Waals surface area contributed by atoms with E-state index in [0.717, 1.165) is 0 Å². The molecule has 0 saturated carbocycles. The molecule has 1 aromatic carbocycles. The van der Waals surface area contributed by atoms with Crippen molar-refractivity contribution >= 4 is 34.7 Å². The molecule has 0 bridgehead atoms. The average molecular weight is 299 g/mol. The molecule has 2 N–H and O–H groups in total. The van der Waals surface area contributed by atoms with Gasteiger partial charge in [-0.3, -0.25) is 4.79 Å². The Kier molecular flexibility index (Phi) is 5.32. The Balaban J connectivity index is 2.94. The number of carbonyl (C=O) groups excluding carboxylic acids is 1. The minimum Gasteiger partial charge on any atom is -0.393 e. The SMILES string of the molecule is CC(C)(C)N(CCC(N)=S)C(=O)c1ccc(Cl)cc1. The lowest BCUT2D eigenvalue weighted by Crippen LogP contribution is -2.46. The van der Waals surface area contributed by atoms with E-state index in [1.165, 1.54) is 0 Å². The van der Waals surface area contributed by atoms with Gasteiger partial charge in [0, 0.05) is 29.1 Å². The molecule has 0 atom stereocenters. The summed E-state index contributed by atoms with van der Waals surface area (Å²) < 4.78 is 0. The number of halogens is 1. The molecule has 19 heavy (non-hydrogen) atoms. The predicted octanol–water partition coefficient (Wildman–Crippen LogP) is 3.26. The molecule has 0 aromatic heterocycles. The molecule has 0 fully saturated rings. The van der Waals surface area contributed by atoms with Gasteiger partial charge in [0.1, 0.15) is 0 Å². The second kappa shape index (κ2) is 6.35. The van der Waals surface area contributed by atoms with Crippen LogP contribution in [0.3, 0.4) is 0 Å². The van der Waals surface area contributed by atoms with Gasteiger partial charge >= 0.3 is 0 Å². The Morgan fingerprint density at radius 2 is 1.84 bits per heavy atom. The Hall–Kier alpha value is -1.13. The second-order valence-corrected chi connectivity index (χ2v) is 6.31. The van der Waals surface area contributed by atoms with Crippen LogP contribution in [0.1, 0.15) is 37.6 Å². The number of hydrogen-bond donors (Lipinski definition) is 1. The van der Waals surface area contributed by atoms with Gasteiger partial charge in [0.25, 0.3) is 5.91 Å². The fourth-order valence-electron chi connectivity index (χ4n) is 1.71. The van der Waals surface area contributed by atoms with Gasteiger partial charge in [0.05, 0.1) is 4.99 Å². The molecule has 0 unspecified atom stereocenters. The molecule has 3 nitrogen and oxygen atoms in total. The monoisotopic (exact) mass is 298 g/mol. The van der Waals surface area contributed by atoms with Crippen LogP contribution >= 0.6 is 23.8 Å². The molecule has 0 aliphatic carbocycles. The average Bonchev–Trinajstić information content (AvgIpc) is 2.27. The summed E-state index contributed by atoms with van der Waals surface area (Å²) in [5.41, 5.74) is 5.84. The van der Waals surface area contributed by atoms with E-state index < -0.39 is 0 Å². The van der Waals surface area contributed by atoms with Crippen molar-refractivity contribution in [2.24, 2.45) is 5.73 Å². The highest BCUT2D eigenvalue weighted by Crippen LogP contribution is 2.19. The fraction of sp³-hybridized carbons (Fsp3) is 0.429. The van der Waals surface area contributed by atoms with Gasteiger partial charge in [-0.15, -0.1) is 0 Å². The van der Waals surface area contributed by atoms with E-state index in [0.29, 0.717) is 28.5 Å². The van der Waals surface area contributed by atoms with Crippen LogP contribution in [0, 0.1) is 0 Å². The zero-order valence-corrected chi connectivity index (χ0v) is 13.0. The number of carbonyl (C=O) groups is 1. The first-order chi connectivity index (χ1) is 8.71. The summed E-state index contributed by atoms with van der Waals surface area (Å²) in [5, 5.41) is 0.613. The first-order valence-corrected chi connectivity index (χ1v) is 6.86. The van der Waals surface area contributed by atoms with Crippen molar-refractivity contribution in [2.45, 2.75) is 32.7 Å². The first kappa shape index (κ1) is 15.9. The summed E-state index contributed by atoms with van der Waals surface area (Å²) in [4.78, 5) is 14.7. The van der Waals surface area contributed by atoms with E-state index >= 15 is 0 Å². The predicted molar refractivity (Wildman–Crippen MR) is 83.6 cm³/mol. The topological polar surface area (TPSA) is 46.3 Å². The lowest BCUT2D eigenvalue weighted by atomic mass is 10.0. The second-order valence-electron chi connectivity index (χ2n) is 5.35. The van der Waals surface area contributed by atoms with E-state index in [1.807, 2.05) is 20.8 Å². The standard InChI is InChI=1S/C14H19ClN2OS/c1-14(2,3)17(9-8-12(16)19)13(18)10-4-6-11(15)7-5-10/h4-7H,8-9H2,1-3H3,(H2,16,19). The smallest absolute Gasteiger partial charge is 0.254 e. The summed E-state index contributed by atoms with van der Waals surface area (Å²) in [7, 11) is 0. The van der Waals surface area contributed by atoms with Gasteiger partial charge in [0.2, 0.25) is 0 Å². The Labute approximate surface area is 124 Å². The van der Waals surface area contributed by atoms with Crippen LogP contribution in [0.4, 0.5) is 0 Å². The molecule has 1 amide bonds. The van der Waals surface area contributed by atoms with Crippen LogP contribution < -0.4 is 5.73 Å².